The van der Waals surface area contributed by atoms with Crippen molar-refractivity contribution in [3.05, 3.63) is 21.9 Å². The van der Waals surface area contributed by atoms with Crippen LogP contribution in [0.2, 0.25) is 0 Å². The number of hydrogen-bond acceptors (Lipinski definition) is 4. The van der Waals surface area contributed by atoms with Crippen molar-refractivity contribution in [1.29, 1.82) is 0 Å². The highest BCUT2D eigenvalue weighted by Crippen LogP contribution is 2.30. The summed E-state index contributed by atoms with van der Waals surface area (Å²) in [6.45, 7) is 1.52. The number of thiophene rings is 1. The minimum Gasteiger partial charge on any atom is -0.465 e. The number of carbonyl (C=O) groups is 1. The Morgan fingerprint density at radius 3 is 3.14 bits per heavy atom. The second kappa shape index (κ2) is 4.11. The monoisotopic (exact) mass is 212 g/mol. The summed E-state index contributed by atoms with van der Waals surface area (Å²) in [5.74, 6) is 0.128. The molecule has 0 spiro atoms. The third-order valence-corrected chi connectivity index (χ3v) is 3.23. The van der Waals surface area contributed by atoms with Crippen LogP contribution < -0.4 is 0 Å². The fourth-order valence-corrected chi connectivity index (χ4v) is 2.58. The maximum Gasteiger partial charge on any atom is 0.338 e. The molecule has 3 nitrogen and oxygen atoms in total. The van der Waals surface area contributed by atoms with E-state index in [-0.39, 0.29) is 5.97 Å². The summed E-state index contributed by atoms with van der Waals surface area (Å²) in [6, 6.07) is 0. The standard InChI is InChI=1S/C10H12O3S/c1-12-10(11)9-6-14-5-8(9)7-2-3-13-4-7/h5-7H,2-4H2,1H3. The number of rotatable bonds is 2. The first-order valence-electron chi connectivity index (χ1n) is 4.55. The van der Waals surface area contributed by atoms with E-state index < -0.39 is 0 Å². The van der Waals surface area contributed by atoms with Crippen LogP contribution in [0, 0.1) is 0 Å². The summed E-state index contributed by atoms with van der Waals surface area (Å²) in [4.78, 5) is 11.4. The van der Waals surface area contributed by atoms with Gasteiger partial charge in [0.1, 0.15) is 0 Å². The fraction of sp³-hybridized carbons (Fsp3) is 0.500. The van der Waals surface area contributed by atoms with Crippen molar-refractivity contribution in [3.8, 4) is 0 Å². The largest absolute Gasteiger partial charge is 0.465 e. The highest BCUT2D eigenvalue weighted by Gasteiger charge is 2.24. The zero-order chi connectivity index (χ0) is 9.97. The molecule has 1 aliphatic heterocycles. The van der Waals surface area contributed by atoms with Crippen molar-refractivity contribution in [2.45, 2.75) is 12.3 Å². The summed E-state index contributed by atoms with van der Waals surface area (Å²) in [5, 5.41) is 3.87. The quantitative estimate of drug-likeness (QED) is 0.704. The summed E-state index contributed by atoms with van der Waals surface area (Å²) >= 11 is 1.54. The molecule has 1 unspecified atom stereocenters. The molecule has 2 rings (SSSR count). The zero-order valence-corrected chi connectivity index (χ0v) is 8.80. The molecule has 2 heterocycles. The molecule has 1 fully saturated rings. The maximum absolute atomic E-state index is 11.4. The molecule has 0 amide bonds. The first kappa shape index (κ1) is 9.68. The molecule has 0 aliphatic carbocycles. The summed E-state index contributed by atoms with van der Waals surface area (Å²) in [6.07, 6.45) is 1.00. The van der Waals surface area contributed by atoms with Gasteiger partial charge in [0, 0.05) is 17.9 Å². The fourth-order valence-electron chi connectivity index (χ4n) is 1.68. The second-order valence-electron chi connectivity index (χ2n) is 3.29. The first-order valence-corrected chi connectivity index (χ1v) is 5.49. The molecule has 0 radical (unpaired) electrons. The molecule has 14 heavy (non-hydrogen) atoms. The van der Waals surface area contributed by atoms with Crippen molar-refractivity contribution in [2.75, 3.05) is 20.3 Å². The van der Waals surface area contributed by atoms with E-state index in [1.165, 1.54) is 7.11 Å². The predicted octanol–water partition coefficient (Wildman–Crippen LogP) is 2.04. The molecule has 1 atom stereocenters. The third kappa shape index (κ3) is 1.67. The molecule has 76 valence electrons. The van der Waals surface area contributed by atoms with Gasteiger partial charge in [-0.25, -0.2) is 4.79 Å². The van der Waals surface area contributed by atoms with Crippen LogP contribution in [0.5, 0.6) is 0 Å². The van der Waals surface area contributed by atoms with Crippen molar-refractivity contribution >= 4 is 17.3 Å². The first-order chi connectivity index (χ1) is 6.83. The average Bonchev–Trinajstić information content (AvgIpc) is 2.85. The normalized spacial score (nSPS) is 21.1. The van der Waals surface area contributed by atoms with Gasteiger partial charge in [0.05, 0.1) is 19.3 Å². The molecule has 1 aromatic rings. The van der Waals surface area contributed by atoms with Gasteiger partial charge in [-0.15, -0.1) is 0 Å². The molecular formula is C10H12O3S. The Balaban J connectivity index is 2.24. The Morgan fingerprint density at radius 2 is 2.50 bits per heavy atom. The summed E-state index contributed by atoms with van der Waals surface area (Å²) in [5.41, 5.74) is 1.78. The Kier molecular flexibility index (Phi) is 2.84. The van der Waals surface area contributed by atoms with Gasteiger partial charge in [-0.05, 0) is 17.4 Å². The number of carbonyl (C=O) groups excluding carboxylic acids is 1. The molecule has 0 saturated carbocycles. The number of methoxy groups -OCH3 is 1. The van der Waals surface area contributed by atoms with Crippen LogP contribution in [0.1, 0.15) is 28.3 Å². The lowest BCUT2D eigenvalue weighted by Crippen LogP contribution is -2.06. The Bertz CT molecular complexity index is 326. The topological polar surface area (TPSA) is 35.5 Å². The van der Waals surface area contributed by atoms with Gasteiger partial charge in [0.25, 0.3) is 0 Å². The molecule has 0 aromatic carbocycles. The third-order valence-electron chi connectivity index (χ3n) is 2.47. The van der Waals surface area contributed by atoms with Crippen molar-refractivity contribution in [2.24, 2.45) is 0 Å². The van der Waals surface area contributed by atoms with Gasteiger partial charge >= 0.3 is 5.97 Å². The lowest BCUT2D eigenvalue weighted by atomic mass is 9.98. The van der Waals surface area contributed by atoms with Crippen molar-refractivity contribution in [1.82, 2.24) is 0 Å². The molecule has 1 aliphatic rings. The van der Waals surface area contributed by atoms with Crippen LogP contribution in [0.3, 0.4) is 0 Å². The average molecular weight is 212 g/mol. The van der Waals surface area contributed by atoms with E-state index >= 15 is 0 Å². The van der Waals surface area contributed by atoms with E-state index in [0.717, 1.165) is 25.2 Å². The molecule has 0 N–H and O–H groups in total. The number of esters is 1. The van der Waals surface area contributed by atoms with E-state index in [9.17, 15) is 4.79 Å². The van der Waals surface area contributed by atoms with E-state index in [4.69, 9.17) is 9.47 Å². The maximum atomic E-state index is 11.4. The van der Waals surface area contributed by atoms with E-state index in [1.54, 1.807) is 11.3 Å². The van der Waals surface area contributed by atoms with Crippen LogP contribution in [-0.4, -0.2) is 26.3 Å². The lowest BCUT2D eigenvalue weighted by Gasteiger charge is -2.07. The second-order valence-corrected chi connectivity index (χ2v) is 4.04. The number of hydrogen-bond donors (Lipinski definition) is 0. The molecular weight excluding hydrogens is 200 g/mol. The van der Waals surface area contributed by atoms with Crippen LogP contribution in [0.15, 0.2) is 10.8 Å². The van der Waals surface area contributed by atoms with E-state index in [1.807, 2.05) is 10.8 Å². The smallest absolute Gasteiger partial charge is 0.338 e. The molecule has 0 bridgehead atoms. The highest BCUT2D eigenvalue weighted by molar-refractivity contribution is 7.08. The van der Waals surface area contributed by atoms with Gasteiger partial charge in [-0.2, -0.15) is 11.3 Å². The van der Waals surface area contributed by atoms with E-state index in [0.29, 0.717) is 11.5 Å². The van der Waals surface area contributed by atoms with Gasteiger partial charge in [-0.3, -0.25) is 0 Å². The molecule has 1 aromatic heterocycles. The Morgan fingerprint density at radius 1 is 1.64 bits per heavy atom. The van der Waals surface area contributed by atoms with E-state index in [2.05, 4.69) is 0 Å². The van der Waals surface area contributed by atoms with Crippen molar-refractivity contribution in [3.63, 3.8) is 0 Å². The van der Waals surface area contributed by atoms with Gasteiger partial charge < -0.3 is 9.47 Å². The predicted molar refractivity (Wildman–Crippen MR) is 53.8 cm³/mol. The van der Waals surface area contributed by atoms with Gasteiger partial charge in [-0.1, -0.05) is 0 Å². The van der Waals surface area contributed by atoms with Crippen LogP contribution in [-0.2, 0) is 9.47 Å². The summed E-state index contributed by atoms with van der Waals surface area (Å²) in [7, 11) is 1.41. The zero-order valence-electron chi connectivity index (χ0n) is 7.99. The van der Waals surface area contributed by atoms with Crippen molar-refractivity contribution < 1.29 is 14.3 Å². The molecule has 4 heteroatoms. The molecule has 1 saturated heterocycles. The SMILES string of the molecule is COC(=O)c1cscc1C1CCOC1. The number of ether oxygens (including phenoxy) is 2. The highest BCUT2D eigenvalue weighted by atomic mass is 32.1. The Labute approximate surface area is 86.6 Å². The van der Waals surface area contributed by atoms with Crippen LogP contribution >= 0.6 is 11.3 Å². The van der Waals surface area contributed by atoms with Crippen LogP contribution in [0.25, 0.3) is 0 Å². The minimum absolute atomic E-state index is 0.242. The van der Waals surface area contributed by atoms with Crippen LogP contribution in [0.4, 0.5) is 0 Å². The van der Waals surface area contributed by atoms with Gasteiger partial charge in [0.15, 0.2) is 0 Å². The van der Waals surface area contributed by atoms with Gasteiger partial charge in [0.2, 0.25) is 0 Å². The minimum atomic E-state index is -0.242. The lowest BCUT2D eigenvalue weighted by molar-refractivity contribution is 0.0599. The summed E-state index contributed by atoms with van der Waals surface area (Å²) < 4.78 is 10.0. The Hall–Kier alpha value is -0.870.